The maximum atomic E-state index is 12.9. The van der Waals surface area contributed by atoms with Crippen molar-refractivity contribution >= 4 is 33.3 Å². The topological polar surface area (TPSA) is 64.4 Å². The molecule has 0 aliphatic heterocycles. The zero-order valence-electron chi connectivity index (χ0n) is 17.5. The highest BCUT2D eigenvalue weighted by molar-refractivity contribution is 7.16. The summed E-state index contributed by atoms with van der Waals surface area (Å²) in [5.41, 5.74) is 4.62. The average Bonchev–Trinajstić information content (AvgIpc) is 3.28. The fraction of sp³-hybridized carbons (Fsp3) is 0.250. The highest BCUT2D eigenvalue weighted by atomic mass is 32.1. The smallest absolute Gasteiger partial charge is 0.293 e. The third-order valence-electron chi connectivity index (χ3n) is 5.07. The van der Waals surface area contributed by atoms with Crippen LogP contribution >= 0.6 is 11.3 Å². The third-order valence-corrected chi connectivity index (χ3v) is 5.96. The number of rotatable bonds is 6. The van der Waals surface area contributed by atoms with E-state index in [9.17, 15) is 4.79 Å². The van der Waals surface area contributed by atoms with Crippen LogP contribution in [0.5, 0.6) is 5.75 Å². The van der Waals surface area contributed by atoms with Gasteiger partial charge in [0.05, 0.1) is 12.3 Å². The highest BCUT2D eigenvalue weighted by Crippen LogP contribution is 2.32. The second-order valence-electron chi connectivity index (χ2n) is 7.08. The largest absolute Gasteiger partial charge is 0.494 e. The fourth-order valence-corrected chi connectivity index (χ4v) is 4.28. The van der Waals surface area contributed by atoms with Gasteiger partial charge in [0.15, 0.2) is 10.9 Å². The Morgan fingerprint density at radius 2 is 1.90 bits per heavy atom. The van der Waals surface area contributed by atoms with Gasteiger partial charge in [0, 0.05) is 21.4 Å². The minimum absolute atomic E-state index is 0.284. The van der Waals surface area contributed by atoms with Crippen molar-refractivity contribution in [2.24, 2.45) is 0 Å². The van der Waals surface area contributed by atoms with Crippen LogP contribution in [0.15, 0.2) is 46.9 Å². The number of nitrogens with zero attached hydrogens (tertiary/aromatic N) is 1. The number of anilines is 1. The molecule has 0 aliphatic rings. The lowest BCUT2D eigenvalue weighted by molar-refractivity contribution is 0.0998. The molecule has 0 radical (unpaired) electrons. The number of thiazole rings is 1. The van der Waals surface area contributed by atoms with Crippen LogP contribution in [-0.4, -0.2) is 17.5 Å². The first kappa shape index (κ1) is 20.2. The Morgan fingerprint density at radius 3 is 2.60 bits per heavy atom. The monoisotopic (exact) mass is 420 g/mol. The summed E-state index contributed by atoms with van der Waals surface area (Å²) in [6.45, 7) is 8.61. The third kappa shape index (κ3) is 3.83. The molecule has 5 nitrogen and oxygen atoms in total. The fourth-order valence-electron chi connectivity index (χ4n) is 3.45. The molecule has 0 saturated carbocycles. The molecule has 6 heteroatoms. The lowest BCUT2D eigenvalue weighted by Gasteiger charge is -2.04. The van der Waals surface area contributed by atoms with E-state index >= 15 is 0 Å². The van der Waals surface area contributed by atoms with Crippen molar-refractivity contribution in [3.63, 3.8) is 0 Å². The van der Waals surface area contributed by atoms with Crippen LogP contribution in [0, 0.1) is 13.8 Å². The van der Waals surface area contributed by atoms with E-state index in [2.05, 4.69) is 23.3 Å². The van der Waals surface area contributed by atoms with Crippen LogP contribution < -0.4 is 10.1 Å². The van der Waals surface area contributed by atoms with Gasteiger partial charge < -0.3 is 9.15 Å². The Hall–Kier alpha value is -3.12. The molecule has 0 bridgehead atoms. The first-order chi connectivity index (χ1) is 14.5. The molecule has 2 aromatic heterocycles. The number of hydrogen-bond donors (Lipinski definition) is 1. The summed E-state index contributed by atoms with van der Waals surface area (Å²) in [7, 11) is 0. The molecule has 0 aliphatic carbocycles. The van der Waals surface area contributed by atoms with E-state index in [1.54, 1.807) is 0 Å². The molecule has 0 fully saturated rings. The number of aryl methyl sites for hydroxylation is 3. The summed E-state index contributed by atoms with van der Waals surface area (Å²) in [6, 6.07) is 13.9. The number of fused-ring (bicyclic) bond motifs is 1. The van der Waals surface area contributed by atoms with Crippen LogP contribution in [0.2, 0.25) is 0 Å². The van der Waals surface area contributed by atoms with Gasteiger partial charge in [0.1, 0.15) is 11.3 Å². The second-order valence-corrected chi connectivity index (χ2v) is 8.28. The Labute approximate surface area is 179 Å². The number of benzene rings is 2. The van der Waals surface area contributed by atoms with E-state index in [1.165, 1.54) is 16.9 Å². The normalized spacial score (nSPS) is 11.1. The predicted octanol–water partition coefficient (Wildman–Crippen LogP) is 6.39. The summed E-state index contributed by atoms with van der Waals surface area (Å²) in [5.74, 6) is 0.872. The highest BCUT2D eigenvalue weighted by Gasteiger charge is 2.20. The second kappa shape index (κ2) is 8.32. The van der Waals surface area contributed by atoms with E-state index in [4.69, 9.17) is 9.15 Å². The van der Waals surface area contributed by atoms with Gasteiger partial charge in [0.25, 0.3) is 5.91 Å². The molecule has 1 amide bonds. The van der Waals surface area contributed by atoms with E-state index < -0.39 is 0 Å². The summed E-state index contributed by atoms with van der Waals surface area (Å²) in [5, 5.41) is 4.43. The molecule has 30 heavy (non-hydrogen) atoms. The molecule has 0 atom stereocenters. The number of carbonyl (C=O) groups is 1. The standard InChI is InChI=1S/C24H24N2O3S/c1-5-16-7-12-20-19(13-16)14(3)22(29-20)23(27)26-24-25-21(15(4)30-24)17-8-10-18(11-9-17)28-6-2/h7-13H,5-6H2,1-4H3,(H,25,26,27). The van der Waals surface area contributed by atoms with Crippen LogP contribution in [0.1, 0.15) is 40.4 Å². The van der Waals surface area contributed by atoms with E-state index in [-0.39, 0.29) is 5.91 Å². The molecule has 0 spiro atoms. The molecule has 4 aromatic rings. The van der Waals surface area contributed by atoms with E-state index in [0.29, 0.717) is 17.5 Å². The molecule has 2 heterocycles. The summed E-state index contributed by atoms with van der Waals surface area (Å²) < 4.78 is 11.3. The number of hydrogen-bond acceptors (Lipinski definition) is 5. The zero-order chi connectivity index (χ0) is 21.3. The van der Waals surface area contributed by atoms with Gasteiger partial charge in [-0.15, -0.1) is 11.3 Å². The number of ether oxygens (including phenoxy) is 1. The maximum absolute atomic E-state index is 12.9. The van der Waals surface area contributed by atoms with Crippen LogP contribution in [0.25, 0.3) is 22.2 Å². The SMILES string of the molecule is CCOc1ccc(-c2nc(NC(=O)c3oc4ccc(CC)cc4c3C)sc2C)cc1. The number of amides is 1. The van der Waals surface area contributed by atoms with Crippen LogP contribution in [-0.2, 0) is 6.42 Å². The zero-order valence-corrected chi connectivity index (χ0v) is 18.4. The van der Waals surface area contributed by atoms with Crippen molar-refractivity contribution in [2.45, 2.75) is 34.1 Å². The van der Waals surface area contributed by atoms with Gasteiger partial charge in [-0.05, 0) is 69.2 Å². The molecule has 154 valence electrons. The number of nitrogens with one attached hydrogen (secondary N) is 1. The van der Waals surface area contributed by atoms with Crippen LogP contribution in [0.4, 0.5) is 5.13 Å². The minimum atomic E-state index is -0.284. The lowest BCUT2D eigenvalue weighted by atomic mass is 10.1. The van der Waals surface area contributed by atoms with Crippen molar-refractivity contribution < 1.29 is 13.9 Å². The molecule has 4 rings (SSSR count). The number of aromatic nitrogens is 1. The van der Waals surface area contributed by atoms with Gasteiger partial charge in [-0.3, -0.25) is 10.1 Å². The van der Waals surface area contributed by atoms with Crippen LogP contribution in [0.3, 0.4) is 0 Å². The molecule has 0 unspecified atom stereocenters. The summed E-state index contributed by atoms with van der Waals surface area (Å²) >= 11 is 1.45. The molecule has 0 saturated heterocycles. The van der Waals surface area contributed by atoms with Gasteiger partial charge in [0.2, 0.25) is 0 Å². The minimum Gasteiger partial charge on any atom is -0.494 e. The van der Waals surface area contributed by atoms with Crippen molar-refractivity contribution in [1.82, 2.24) is 4.98 Å². The Morgan fingerprint density at radius 1 is 1.13 bits per heavy atom. The first-order valence-electron chi connectivity index (χ1n) is 10.0. The molecule has 2 aromatic carbocycles. The van der Waals surface area contributed by atoms with Crippen molar-refractivity contribution in [2.75, 3.05) is 11.9 Å². The van der Waals surface area contributed by atoms with E-state index in [0.717, 1.165) is 44.8 Å². The van der Waals surface area contributed by atoms with Gasteiger partial charge in [-0.25, -0.2) is 4.98 Å². The molecular formula is C24H24N2O3S. The van der Waals surface area contributed by atoms with Gasteiger partial charge in [-0.1, -0.05) is 13.0 Å². The van der Waals surface area contributed by atoms with Gasteiger partial charge in [-0.2, -0.15) is 0 Å². The predicted molar refractivity (Wildman–Crippen MR) is 122 cm³/mol. The van der Waals surface area contributed by atoms with Gasteiger partial charge >= 0.3 is 0 Å². The van der Waals surface area contributed by atoms with Crippen molar-refractivity contribution in [3.8, 4) is 17.0 Å². The summed E-state index contributed by atoms with van der Waals surface area (Å²) in [4.78, 5) is 18.5. The Kier molecular flexibility index (Phi) is 5.59. The maximum Gasteiger partial charge on any atom is 0.293 e. The Bertz CT molecular complexity index is 1210. The molecular weight excluding hydrogens is 396 g/mol. The lowest BCUT2D eigenvalue weighted by Crippen LogP contribution is -2.11. The first-order valence-corrected chi connectivity index (χ1v) is 10.9. The molecule has 1 N–H and O–H groups in total. The van der Waals surface area contributed by atoms with E-state index in [1.807, 2.05) is 57.2 Å². The quantitative estimate of drug-likeness (QED) is 0.393. The van der Waals surface area contributed by atoms with Crippen molar-refractivity contribution in [3.05, 3.63) is 64.2 Å². The Balaban J connectivity index is 1.58. The number of furan rings is 1. The number of carbonyl (C=O) groups excluding carboxylic acids is 1. The summed E-state index contributed by atoms with van der Waals surface area (Å²) in [6.07, 6.45) is 0.939. The average molecular weight is 421 g/mol. The van der Waals surface area contributed by atoms with Crippen molar-refractivity contribution in [1.29, 1.82) is 0 Å².